The van der Waals surface area contributed by atoms with Crippen LogP contribution in [0, 0.1) is 0 Å². The molecule has 0 saturated heterocycles. The zero-order valence-electron chi connectivity index (χ0n) is 14.3. The highest BCUT2D eigenvalue weighted by Crippen LogP contribution is 2.41. The van der Waals surface area contributed by atoms with Gasteiger partial charge in [0.05, 0.1) is 0 Å². The molecule has 0 amide bonds. The van der Waals surface area contributed by atoms with Crippen LogP contribution in [0.2, 0.25) is 0 Å². The van der Waals surface area contributed by atoms with Gasteiger partial charge in [-0.05, 0) is 35.2 Å². The number of ether oxygens (including phenoxy) is 1. The summed E-state index contributed by atoms with van der Waals surface area (Å²) >= 11 is 0. The number of benzene rings is 3. The molecule has 3 aromatic rings. The Bertz CT molecular complexity index is 783. The fraction of sp³-hybridized carbons (Fsp3) is 0.217. The van der Waals surface area contributed by atoms with Crippen LogP contribution in [0.25, 0.3) is 0 Å². The normalized spacial score (nSPS) is 18.7. The lowest BCUT2D eigenvalue weighted by Crippen LogP contribution is -2.17. The Morgan fingerprint density at radius 2 is 1.40 bits per heavy atom. The molecule has 1 aliphatic rings. The standard InChI is InChI=1S/C23H23NO/c1-3-7-18(8-4-1)16-24-23-15-22(23)20-11-13-21(14-12-20)25-17-19-9-5-2-6-10-19/h1-14,22-24H,15-17H2/t22?,23-/m0/s1. The van der Waals surface area contributed by atoms with Crippen molar-refractivity contribution in [3.63, 3.8) is 0 Å². The van der Waals surface area contributed by atoms with Gasteiger partial charge in [-0.3, -0.25) is 0 Å². The van der Waals surface area contributed by atoms with Crippen LogP contribution in [0.1, 0.15) is 29.0 Å². The van der Waals surface area contributed by atoms with Crippen LogP contribution in [0.5, 0.6) is 5.75 Å². The lowest BCUT2D eigenvalue weighted by Gasteiger charge is -2.08. The molecule has 1 unspecified atom stereocenters. The molecule has 3 aromatic carbocycles. The molecule has 25 heavy (non-hydrogen) atoms. The van der Waals surface area contributed by atoms with E-state index in [4.69, 9.17) is 4.74 Å². The van der Waals surface area contributed by atoms with Crippen molar-refractivity contribution in [2.24, 2.45) is 0 Å². The molecular weight excluding hydrogens is 306 g/mol. The van der Waals surface area contributed by atoms with Gasteiger partial charge in [-0.2, -0.15) is 0 Å². The Morgan fingerprint density at radius 1 is 0.760 bits per heavy atom. The quantitative estimate of drug-likeness (QED) is 0.665. The molecule has 2 nitrogen and oxygen atoms in total. The summed E-state index contributed by atoms with van der Waals surface area (Å²) in [5.41, 5.74) is 3.94. The van der Waals surface area contributed by atoms with Crippen molar-refractivity contribution in [1.29, 1.82) is 0 Å². The first-order valence-electron chi connectivity index (χ1n) is 8.92. The van der Waals surface area contributed by atoms with Crippen molar-refractivity contribution >= 4 is 0 Å². The summed E-state index contributed by atoms with van der Waals surface area (Å²) in [6.45, 7) is 1.56. The Kier molecular flexibility index (Phi) is 4.80. The second kappa shape index (κ2) is 7.54. The third-order valence-corrected chi connectivity index (χ3v) is 4.76. The van der Waals surface area contributed by atoms with Crippen LogP contribution in [0.3, 0.4) is 0 Å². The molecule has 4 rings (SSSR count). The molecule has 2 atom stereocenters. The van der Waals surface area contributed by atoms with Crippen molar-refractivity contribution in [2.75, 3.05) is 0 Å². The molecule has 2 heteroatoms. The third kappa shape index (κ3) is 4.28. The highest BCUT2D eigenvalue weighted by Gasteiger charge is 2.37. The topological polar surface area (TPSA) is 21.3 Å². The highest BCUT2D eigenvalue weighted by molar-refractivity contribution is 5.34. The summed E-state index contributed by atoms with van der Waals surface area (Å²) in [7, 11) is 0. The first-order valence-corrected chi connectivity index (χ1v) is 8.92. The Balaban J connectivity index is 1.27. The van der Waals surface area contributed by atoms with E-state index in [9.17, 15) is 0 Å². The summed E-state index contributed by atoms with van der Waals surface area (Å²) in [6, 6.07) is 30.0. The van der Waals surface area contributed by atoms with Crippen molar-refractivity contribution in [2.45, 2.75) is 31.5 Å². The van der Waals surface area contributed by atoms with Crippen molar-refractivity contribution < 1.29 is 4.74 Å². The molecular formula is C23H23NO. The van der Waals surface area contributed by atoms with E-state index in [1.807, 2.05) is 18.2 Å². The average molecular weight is 329 g/mol. The zero-order valence-corrected chi connectivity index (χ0v) is 14.3. The molecule has 126 valence electrons. The minimum absolute atomic E-state index is 0.594. The van der Waals surface area contributed by atoms with E-state index >= 15 is 0 Å². The van der Waals surface area contributed by atoms with Crippen LogP contribution in [0.15, 0.2) is 84.9 Å². The molecule has 1 aliphatic carbocycles. The largest absolute Gasteiger partial charge is 0.489 e. The number of hydrogen-bond donors (Lipinski definition) is 1. The molecule has 0 bridgehead atoms. The summed E-state index contributed by atoms with van der Waals surface area (Å²) in [4.78, 5) is 0. The summed E-state index contributed by atoms with van der Waals surface area (Å²) in [6.07, 6.45) is 1.22. The predicted octanol–water partition coefficient (Wildman–Crippen LogP) is 4.91. The molecule has 0 spiro atoms. The Labute approximate surface area is 149 Å². The minimum Gasteiger partial charge on any atom is -0.489 e. The molecule has 0 aromatic heterocycles. The van der Waals surface area contributed by atoms with E-state index in [1.54, 1.807) is 0 Å². The third-order valence-electron chi connectivity index (χ3n) is 4.76. The predicted molar refractivity (Wildman–Crippen MR) is 102 cm³/mol. The Hall–Kier alpha value is -2.58. The van der Waals surface area contributed by atoms with Gasteiger partial charge in [-0.25, -0.2) is 0 Å². The fourth-order valence-corrected chi connectivity index (χ4v) is 3.19. The monoisotopic (exact) mass is 329 g/mol. The molecule has 1 N–H and O–H groups in total. The van der Waals surface area contributed by atoms with E-state index in [0.29, 0.717) is 18.6 Å². The highest BCUT2D eigenvalue weighted by atomic mass is 16.5. The maximum atomic E-state index is 5.86. The van der Waals surface area contributed by atoms with E-state index < -0.39 is 0 Å². The smallest absolute Gasteiger partial charge is 0.119 e. The Morgan fingerprint density at radius 3 is 2.08 bits per heavy atom. The van der Waals surface area contributed by atoms with Crippen LogP contribution in [-0.2, 0) is 13.2 Å². The first-order chi connectivity index (χ1) is 12.4. The van der Waals surface area contributed by atoms with Gasteiger partial charge in [-0.15, -0.1) is 0 Å². The first kappa shape index (κ1) is 15.9. The van der Waals surface area contributed by atoms with Crippen LogP contribution in [-0.4, -0.2) is 6.04 Å². The maximum Gasteiger partial charge on any atom is 0.119 e. The molecule has 1 fully saturated rings. The van der Waals surface area contributed by atoms with Gasteiger partial charge in [-0.1, -0.05) is 72.8 Å². The second-order valence-corrected chi connectivity index (χ2v) is 6.66. The second-order valence-electron chi connectivity index (χ2n) is 6.66. The maximum absolute atomic E-state index is 5.86. The lowest BCUT2D eigenvalue weighted by molar-refractivity contribution is 0.306. The van der Waals surface area contributed by atoms with Crippen LogP contribution in [0.4, 0.5) is 0 Å². The van der Waals surface area contributed by atoms with E-state index in [-0.39, 0.29) is 0 Å². The fourth-order valence-electron chi connectivity index (χ4n) is 3.19. The molecule has 1 saturated carbocycles. The van der Waals surface area contributed by atoms with Gasteiger partial charge in [0.1, 0.15) is 12.4 Å². The van der Waals surface area contributed by atoms with Gasteiger partial charge in [0, 0.05) is 18.5 Å². The van der Waals surface area contributed by atoms with Crippen molar-refractivity contribution in [1.82, 2.24) is 5.32 Å². The van der Waals surface area contributed by atoms with E-state index in [1.165, 1.54) is 23.1 Å². The van der Waals surface area contributed by atoms with Crippen molar-refractivity contribution in [3.05, 3.63) is 102 Å². The molecule has 0 heterocycles. The van der Waals surface area contributed by atoms with E-state index in [2.05, 4.69) is 72.0 Å². The number of hydrogen-bond acceptors (Lipinski definition) is 2. The lowest BCUT2D eigenvalue weighted by atomic mass is 10.1. The zero-order chi connectivity index (χ0) is 16.9. The molecule has 0 aliphatic heterocycles. The number of rotatable bonds is 7. The van der Waals surface area contributed by atoms with Crippen molar-refractivity contribution in [3.8, 4) is 5.75 Å². The van der Waals surface area contributed by atoms with Gasteiger partial charge >= 0.3 is 0 Å². The number of nitrogens with one attached hydrogen (secondary N) is 1. The van der Waals surface area contributed by atoms with Gasteiger partial charge < -0.3 is 10.1 Å². The minimum atomic E-state index is 0.594. The summed E-state index contributed by atoms with van der Waals surface area (Å²) < 4.78 is 5.86. The van der Waals surface area contributed by atoms with E-state index in [0.717, 1.165) is 12.3 Å². The van der Waals surface area contributed by atoms with Crippen LogP contribution >= 0.6 is 0 Å². The van der Waals surface area contributed by atoms with Crippen LogP contribution < -0.4 is 10.1 Å². The van der Waals surface area contributed by atoms with Gasteiger partial charge in [0.2, 0.25) is 0 Å². The SMILES string of the molecule is c1ccc(CN[C@H]2CC2c2ccc(OCc3ccccc3)cc2)cc1. The van der Waals surface area contributed by atoms with Gasteiger partial charge in [0.15, 0.2) is 0 Å². The molecule has 0 radical (unpaired) electrons. The van der Waals surface area contributed by atoms with Gasteiger partial charge in [0.25, 0.3) is 0 Å². The average Bonchev–Trinajstić information content (AvgIpc) is 3.47. The summed E-state index contributed by atoms with van der Waals surface area (Å²) in [5.74, 6) is 1.56. The summed E-state index contributed by atoms with van der Waals surface area (Å²) in [5, 5.41) is 3.65.